The summed E-state index contributed by atoms with van der Waals surface area (Å²) in [6, 6.07) is 12.4. The summed E-state index contributed by atoms with van der Waals surface area (Å²) in [4.78, 5) is 48.6. The van der Waals surface area contributed by atoms with Crippen LogP contribution in [0.3, 0.4) is 0 Å². The summed E-state index contributed by atoms with van der Waals surface area (Å²) in [5.74, 6) is -0.213. The van der Waals surface area contributed by atoms with E-state index >= 15 is 0 Å². The van der Waals surface area contributed by atoms with Gasteiger partial charge in [0.15, 0.2) is 0 Å². The van der Waals surface area contributed by atoms with Crippen LogP contribution in [0, 0.1) is 0 Å². The van der Waals surface area contributed by atoms with Gasteiger partial charge in [0.1, 0.15) is 22.1 Å². The molecular weight excluding hydrogens is 380 g/mol. The summed E-state index contributed by atoms with van der Waals surface area (Å²) in [6.45, 7) is 0.0641. The highest BCUT2D eigenvalue weighted by Crippen LogP contribution is 2.21. The minimum atomic E-state index is -0.587. The van der Waals surface area contributed by atoms with E-state index in [-0.39, 0.29) is 23.4 Å². The fraction of sp³-hybridized carbons (Fsp3) is 0.105. The van der Waals surface area contributed by atoms with Crippen LogP contribution in [0.1, 0.15) is 21.1 Å². The van der Waals surface area contributed by atoms with E-state index in [0.29, 0.717) is 10.7 Å². The predicted octanol–water partition coefficient (Wildman–Crippen LogP) is 1.95. The van der Waals surface area contributed by atoms with Crippen molar-refractivity contribution in [1.29, 1.82) is 0 Å². The maximum Gasteiger partial charge on any atom is 0.348 e. The molecule has 0 saturated carbocycles. The number of fused-ring (bicyclic) bond motifs is 1. The standard InChI is InChI=1S/C19H14N4O4S/c24-17-13-9-14(18(25)27-11-12-5-2-1-3-6-12)28-16(13)22-19(26)23(17)10-15-20-7-4-8-21-15/h1-9H,10-11H2,(H,22,26). The van der Waals surface area contributed by atoms with Gasteiger partial charge in [0.05, 0.1) is 11.9 Å². The van der Waals surface area contributed by atoms with Crippen LogP contribution in [-0.4, -0.2) is 25.5 Å². The minimum absolute atomic E-state index is 0.0609. The van der Waals surface area contributed by atoms with Gasteiger partial charge in [-0.1, -0.05) is 30.3 Å². The number of aromatic amines is 1. The van der Waals surface area contributed by atoms with Crippen LogP contribution in [0.25, 0.3) is 10.2 Å². The molecule has 0 bridgehead atoms. The molecule has 0 radical (unpaired) electrons. The molecule has 0 unspecified atom stereocenters. The maximum atomic E-state index is 12.7. The molecule has 140 valence electrons. The van der Waals surface area contributed by atoms with Crippen molar-refractivity contribution in [3.05, 3.63) is 92.0 Å². The van der Waals surface area contributed by atoms with Crippen LogP contribution in [0.4, 0.5) is 0 Å². The number of nitrogens with one attached hydrogen (secondary N) is 1. The van der Waals surface area contributed by atoms with E-state index in [1.807, 2.05) is 30.3 Å². The molecule has 0 amide bonds. The molecule has 4 aromatic rings. The first kappa shape index (κ1) is 17.8. The third-order valence-electron chi connectivity index (χ3n) is 4.01. The zero-order valence-electron chi connectivity index (χ0n) is 14.5. The topological polar surface area (TPSA) is 107 Å². The number of benzene rings is 1. The summed E-state index contributed by atoms with van der Waals surface area (Å²) in [6.07, 6.45) is 3.07. The maximum absolute atomic E-state index is 12.7. The lowest BCUT2D eigenvalue weighted by Gasteiger charge is -2.02. The normalized spacial score (nSPS) is 10.9. The van der Waals surface area contributed by atoms with Crippen LogP contribution >= 0.6 is 11.3 Å². The molecule has 3 aromatic heterocycles. The first-order valence-corrected chi connectivity index (χ1v) is 9.17. The van der Waals surface area contributed by atoms with E-state index in [9.17, 15) is 14.4 Å². The number of carbonyl (C=O) groups is 1. The van der Waals surface area contributed by atoms with E-state index in [4.69, 9.17) is 4.74 Å². The van der Waals surface area contributed by atoms with Crippen molar-refractivity contribution in [2.45, 2.75) is 13.2 Å². The highest BCUT2D eigenvalue weighted by molar-refractivity contribution is 7.20. The van der Waals surface area contributed by atoms with E-state index in [1.54, 1.807) is 6.07 Å². The van der Waals surface area contributed by atoms with Crippen LogP contribution in [-0.2, 0) is 17.9 Å². The van der Waals surface area contributed by atoms with Crippen molar-refractivity contribution < 1.29 is 9.53 Å². The van der Waals surface area contributed by atoms with E-state index < -0.39 is 17.2 Å². The number of ether oxygens (including phenoxy) is 1. The molecule has 0 aliphatic carbocycles. The Labute approximate surface area is 162 Å². The second-order valence-electron chi connectivity index (χ2n) is 5.90. The van der Waals surface area contributed by atoms with Crippen LogP contribution < -0.4 is 11.2 Å². The highest BCUT2D eigenvalue weighted by atomic mass is 32.1. The van der Waals surface area contributed by atoms with Crippen molar-refractivity contribution in [3.8, 4) is 0 Å². The summed E-state index contributed by atoms with van der Waals surface area (Å²) >= 11 is 1.01. The Balaban J connectivity index is 1.62. The first-order chi connectivity index (χ1) is 13.6. The molecule has 0 atom stereocenters. The molecule has 0 aliphatic heterocycles. The van der Waals surface area contributed by atoms with Gasteiger partial charge in [-0.05, 0) is 17.7 Å². The molecule has 1 N–H and O–H groups in total. The Morgan fingerprint density at radius 2 is 1.86 bits per heavy atom. The Hall–Kier alpha value is -3.59. The fourth-order valence-corrected chi connectivity index (χ4v) is 3.57. The van der Waals surface area contributed by atoms with E-state index in [2.05, 4.69) is 15.0 Å². The number of rotatable bonds is 5. The summed E-state index contributed by atoms with van der Waals surface area (Å²) < 4.78 is 6.29. The van der Waals surface area contributed by atoms with Gasteiger partial charge in [0.2, 0.25) is 0 Å². The van der Waals surface area contributed by atoms with Gasteiger partial charge in [0, 0.05) is 12.4 Å². The molecule has 1 aromatic carbocycles. The number of esters is 1. The zero-order chi connectivity index (χ0) is 19.5. The average Bonchev–Trinajstić information content (AvgIpc) is 3.15. The van der Waals surface area contributed by atoms with Crippen molar-refractivity contribution >= 4 is 27.5 Å². The molecule has 8 nitrogen and oxygen atoms in total. The van der Waals surface area contributed by atoms with E-state index in [1.165, 1.54) is 18.5 Å². The third-order valence-corrected chi connectivity index (χ3v) is 5.04. The minimum Gasteiger partial charge on any atom is -0.457 e. The highest BCUT2D eigenvalue weighted by Gasteiger charge is 2.17. The first-order valence-electron chi connectivity index (χ1n) is 8.35. The summed E-state index contributed by atoms with van der Waals surface area (Å²) in [5.41, 5.74) is -0.240. The Morgan fingerprint density at radius 1 is 1.11 bits per heavy atom. The van der Waals surface area contributed by atoms with Gasteiger partial charge in [-0.3, -0.25) is 14.3 Å². The Kier molecular flexibility index (Phi) is 4.81. The van der Waals surface area contributed by atoms with E-state index in [0.717, 1.165) is 21.5 Å². The number of nitrogens with zero attached hydrogens (tertiary/aromatic N) is 3. The molecule has 0 aliphatic rings. The smallest absolute Gasteiger partial charge is 0.348 e. The van der Waals surface area contributed by atoms with Crippen molar-refractivity contribution in [2.24, 2.45) is 0 Å². The Bertz CT molecular complexity index is 1250. The lowest BCUT2D eigenvalue weighted by atomic mass is 10.2. The fourth-order valence-electron chi connectivity index (χ4n) is 2.64. The number of carbonyl (C=O) groups excluding carboxylic acids is 1. The molecule has 0 saturated heterocycles. The lowest BCUT2D eigenvalue weighted by molar-refractivity contribution is 0.0478. The second kappa shape index (κ2) is 7.57. The molecule has 0 spiro atoms. The van der Waals surface area contributed by atoms with Gasteiger partial charge < -0.3 is 4.74 Å². The summed E-state index contributed by atoms with van der Waals surface area (Å²) in [7, 11) is 0. The summed E-state index contributed by atoms with van der Waals surface area (Å²) in [5, 5.41) is 0.243. The predicted molar refractivity (Wildman–Crippen MR) is 103 cm³/mol. The second-order valence-corrected chi connectivity index (χ2v) is 6.95. The van der Waals surface area contributed by atoms with Gasteiger partial charge in [0.25, 0.3) is 5.56 Å². The number of thiophene rings is 1. The monoisotopic (exact) mass is 394 g/mol. The average molecular weight is 394 g/mol. The number of hydrogen-bond donors (Lipinski definition) is 1. The zero-order valence-corrected chi connectivity index (χ0v) is 15.3. The molecule has 3 heterocycles. The van der Waals surface area contributed by atoms with Crippen LogP contribution in [0.5, 0.6) is 0 Å². The Morgan fingerprint density at radius 3 is 2.61 bits per heavy atom. The van der Waals surface area contributed by atoms with Crippen molar-refractivity contribution in [3.63, 3.8) is 0 Å². The molecule has 4 rings (SSSR count). The number of H-pyrrole nitrogens is 1. The van der Waals surface area contributed by atoms with Gasteiger partial charge in [-0.25, -0.2) is 19.6 Å². The lowest BCUT2D eigenvalue weighted by Crippen LogP contribution is -2.35. The molecule has 28 heavy (non-hydrogen) atoms. The third kappa shape index (κ3) is 3.60. The largest absolute Gasteiger partial charge is 0.457 e. The van der Waals surface area contributed by atoms with Crippen LogP contribution in [0.15, 0.2) is 64.4 Å². The molecular formula is C19H14N4O4S. The van der Waals surface area contributed by atoms with Gasteiger partial charge in [-0.15, -0.1) is 11.3 Å². The van der Waals surface area contributed by atoms with Crippen molar-refractivity contribution in [2.75, 3.05) is 0 Å². The van der Waals surface area contributed by atoms with Crippen LogP contribution in [0.2, 0.25) is 0 Å². The van der Waals surface area contributed by atoms with Crippen molar-refractivity contribution in [1.82, 2.24) is 19.5 Å². The SMILES string of the molecule is O=C(OCc1ccccc1)c1cc2c(=O)n(Cc3ncccn3)c(=O)[nH]c2s1. The number of aromatic nitrogens is 4. The van der Waals surface area contributed by atoms with Gasteiger partial charge >= 0.3 is 11.7 Å². The van der Waals surface area contributed by atoms with Gasteiger partial charge in [-0.2, -0.15) is 0 Å². The molecule has 9 heteroatoms. The quantitative estimate of drug-likeness (QED) is 0.519. The molecule has 0 fully saturated rings. The number of hydrogen-bond acceptors (Lipinski definition) is 7.